The maximum atomic E-state index is 13.9. The minimum atomic E-state index is -4.74. The van der Waals surface area contributed by atoms with Crippen molar-refractivity contribution in [1.82, 2.24) is 30.8 Å². The van der Waals surface area contributed by atoms with Crippen LogP contribution < -0.4 is 30.9 Å². The molecule has 0 spiro atoms. The van der Waals surface area contributed by atoms with Crippen molar-refractivity contribution < 1.29 is 22.7 Å². The second-order valence-corrected chi connectivity index (χ2v) is 9.57. The van der Waals surface area contributed by atoms with E-state index in [0.717, 1.165) is 69.8 Å². The van der Waals surface area contributed by atoms with Gasteiger partial charge in [0.2, 0.25) is 0 Å². The number of nitrogens with one attached hydrogen (secondary N) is 5. The Balaban J connectivity index is 1.30. The van der Waals surface area contributed by atoms with Crippen molar-refractivity contribution in [3.63, 3.8) is 0 Å². The number of hydrogen-bond donors (Lipinski definition) is 5. The number of H-pyrrole nitrogens is 1. The van der Waals surface area contributed by atoms with E-state index in [9.17, 15) is 18.0 Å². The van der Waals surface area contributed by atoms with Crippen molar-refractivity contribution >= 4 is 29.2 Å². The molecule has 1 saturated carbocycles. The minimum Gasteiger partial charge on any atom is -0.424 e. The van der Waals surface area contributed by atoms with Gasteiger partial charge in [-0.1, -0.05) is 12.8 Å². The van der Waals surface area contributed by atoms with Crippen LogP contribution in [0, 0.1) is 6.92 Å². The fourth-order valence-corrected chi connectivity index (χ4v) is 4.66. The Morgan fingerprint density at radius 2 is 1.87 bits per heavy atom. The van der Waals surface area contributed by atoms with Gasteiger partial charge in [0.05, 0.1) is 0 Å². The van der Waals surface area contributed by atoms with Crippen LogP contribution in [0.1, 0.15) is 36.9 Å². The Morgan fingerprint density at radius 1 is 1.10 bits per heavy atom. The lowest BCUT2D eigenvalue weighted by molar-refractivity contribution is -0.138. The zero-order valence-corrected chi connectivity index (χ0v) is 21.4. The van der Waals surface area contributed by atoms with Crippen LogP contribution in [0.4, 0.5) is 41.1 Å². The first-order valence-electron chi connectivity index (χ1n) is 12.8. The monoisotopic (exact) mass is 545 g/mol. The van der Waals surface area contributed by atoms with Gasteiger partial charge in [-0.15, -0.1) is 0 Å². The zero-order chi connectivity index (χ0) is 27.4. The Morgan fingerprint density at radius 3 is 2.62 bits per heavy atom. The highest BCUT2D eigenvalue weighted by atomic mass is 19.4. The molecule has 0 unspecified atom stereocenters. The van der Waals surface area contributed by atoms with Crippen LogP contribution in [0.25, 0.3) is 0 Å². The van der Waals surface area contributed by atoms with Gasteiger partial charge >= 0.3 is 18.2 Å². The molecule has 2 amide bonds. The number of aryl methyl sites for hydroxylation is 1. The van der Waals surface area contributed by atoms with E-state index in [0.29, 0.717) is 17.3 Å². The molecule has 0 bridgehead atoms. The van der Waals surface area contributed by atoms with Crippen molar-refractivity contribution in [3.8, 4) is 11.8 Å². The van der Waals surface area contributed by atoms with Crippen LogP contribution in [0.2, 0.25) is 0 Å². The second kappa shape index (κ2) is 11.4. The van der Waals surface area contributed by atoms with E-state index in [-0.39, 0.29) is 17.7 Å². The SMILES string of the molecule is Cc1cc(Nc2cc(N3CCNCC3)n[nH]2)nc(Oc2ccc(NC(=O)NC3CCCC3)cc2C(F)(F)F)n1. The number of anilines is 4. The number of aromatic amines is 1. The van der Waals surface area contributed by atoms with Crippen LogP contribution in [-0.2, 0) is 6.18 Å². The summed E-state index contributed by atoms with van der Waals surface area (Å²) in [5.74, 6) is 1.18. The van der Waals surface area contributed by atoms with E-state index in [1.54, 1.807) is 13.0 Å². The van der Waals surface area contributed by atoms with Gasteiger partial charge in [0.15, 0.2) is 5.82 Å². The van der Waals surface area contributed by atoms with Gasteiger partial charge in [-0.2, -0.15) is 23.3 Å². The fraction of sp³-hybridized carbons (Fsp3) is 0.440. The number of alkyl halides is 3. The normalized spacial score (nSPS) is 16.3. The van der Waals surface area contributed by atoms with E-state index in [2.05, 4.69) is 46.3 Å². The largest absolute Gasteiger partial charge is 0.424 e. The minimum absolute atomic E-state index is 0.00257. The highest BCUT2D eigenvalue weighted by molar-refractivity contribution is 5.89. The second-order valence-electron chi connectivity index (χ2n) is 9.57. The fourth-order valence-electron chi connectivity index (χ4n) is 4.66. The first kappa shape index (κ1) is 26.5. The third-order valence-corrected chi connectivity index (χ3v) is 6.54. The average molecular weight is 546 g/mol. The maximum Gasteiger partial charge on any atom is 0.420 e. The lowest BCUT2D eigenvalue weighted by atomic mass is 10.1. The van der Waals surface area contributed by atoms with Crippen molar-refractivity contribution in [2.45, 2.75) is 44.8 Å². The summed E-state index contributed by atoms with van der Waals surface area (Å²) in [5, 5.41) is 18.8. The molecular weight excluding hydrogens is 515 g/mol. The number of aromatic nitrogens is 4. The Kier molecular flexibility index (Phi) is 7.72. The number of hydrogen-bond acceptors (Lipinski definition) is 8. The molecule has 0 atom stereocenters. The average Bonchev–Trinajstić information content (AvgIpc) is 3.57. The molecule has 208 valence electrons. The molecule has 2 aromatic heterocycles. The maximum absolute atomic E-state index is 13.9. The highest BCUT2D eigenvalue weighted by Crippen LogP contribution is 2.39. The standard InChI is InChI=1S/C25H30F3N9O2/c1-15-12-20(33-21-14-22(36-35-21)37-10-8-29-9-11-37)34-24(30-15)39-19-7-6-17(13-18(19)25(26,27)28)32-23(38)31-16-4-2-3-5-16/h6-7,12-14,16,29H,2-5,8-11H2,1H3,(H2,31,32,38)(H2,30,33,34,35,36). The quantitative estimate of drug-likeness (QED) is 0.293. The highest BCUT2D eigenvalue weighted by Gasteiger charge is 2.35. The van der Waals surface area contributed by atoms with Crippen molar-refractivity contribution in [2.24, 2.45) is 0 Å². The number of nitrogens with zero attached hydrogens (tertiary/aromatic N) is 4. The molecule has 11 nitrogen and oxygen atoms in total. The van der Waals surface area contributed by atoms with Gasteiger partial charge in [-0.3, -0.25) is 5.10 Å². The summed E-state index contributed by atoms with van der Waals surface area (Å²) < 4.78 is 47.3. The number of rotatable bonds is 7. The Bertz CT molecular complexity index is 1300. The molecule has 1 aromatic carbocycles. The summed E-state index contributed by atoms with van der Waals surface area (Å²) in [5.41, 5.74) is -0.577. The Hall–Kier alpha value is -4.07. The summed E-state index contributed by atoms with van der Waals surface area (Å²) in [6, 6.07) is 6.02. The topological polar surface area (TPSA) is 132 Å². The van der Waals surface area contributed by atoms with Crippen LogP contribution in [0.15, 0.2) is 30.3 Å². The first-order chi connectivity index (χ1) is 18.7. The number of benzene rings is 1. The van der Waals surface area contributed by atoms with Crippen LogP contribution in [-0.4, -0.2) is 58.4 Å². The molecule has 0 radical (unpaired) electrons. The first-order valence-corrected chi connectivity index (χ1v) is 12.8. The number of urea groups is 1. The van der Waals surface area contributed by atoms with Gasteiger partial charge in [0.25, 0.3) is 0 Å². The molecule has 39 heavy (non-hydrogen) atoms. The molecule has 2 aliphatic rings. The van der Waals surface area contributed by atoms with E-state index in [1.807, 2.05) is 6.07 Å². The van der Waals surface area contributed by atoms with Crippen molar-refractivity contribution in [2.75, 3.05) is 41.7 Å². The Labute approximate surface area is 222 Å². The summed E-state index contributed by atoms with van der Waals surface area (Å²) >= 11 is 0. The van der Waals surface area contributed by atoms with Gasteiger partial charge in [0, 0.05) is 55.7 Å². The number of carbonyl (C=O) groups is 1. The van der Waals surface area contributed by atoms with Crippen molar-refractivity contribution in [3.05, 3.63) is 41.6 Å². The smallest absolute Gasteiger partial charge is 0.420 e. The predicted octanol–water partition coefficient (Wildman–Crippen LogP) is 4.54. The molecule has 1 aliphatic heterocycles. The third-order valence-electron chi connectivity index (χ3n) is 6.54. The van der Waals surface area contributed by atoms with Crippen LogP contribution in [0.5, 0.6) is 11.8 Å². The van der Waals surface area contributed by atoms with Gasteiger partial charge in [-0.25, -0.2) is 9.78 Å². The molecule has 3 heterocycles. The number of carbonyl (C=O) groups excluding carboxylic acids is 1. The molecule has 5 N–H and O–H groups in total. The molecule has 2 fully saturated rings. The van der Waals surface area contributed by atoms with Gasteiger partial charge < -0.3 is 30.9 Å². The summed E-state index contributed by atoms with van der Waals surface area (Å²) in [6.45, 7) is 5.07. The van der Waals surface area contributed by atoms with E-state index >= 15 is 0 Å². The van der Waals surface area contributed by atoms with E-state index in [1.165, 1.54) is 6.07 Å². The summed E-state index contributed by atoms with van der Waals surface area (Å²) in [6.07, 6.45) is -0.978. The molecule has 1 aliphatic carbocycles. The van der Waals surface area contributed by atoms with Crippen LogP contribution in [0.3, 0.4) is 0 Å². The molecule has 3 aromatic rings. The third kappa shape index (κ3) is 6.88. The molecule has 1 saturated heterocycles. The lowest BCUT2D eigenvalue weighted by Gasteiger charge is -2.26. The zero-order valence-electron chi connectivity index (χ0n) is 21.4. The molecular formula is C25H30F3N9O2. The van der Waals surface area contributed by atoms with Gasteiger partial charge in [0.1, 0.15) is 22.9 Å². The number of ether oxygens (including phenoxy) is 1. The number of amides is 2. The van der Waals surface area contributed by atoms with Crippen LogP contribution >= 0.6 is 0 Å². The van der Waals surface area contributed by atoms with E-state index in [4.69, 9.17) is 4.74 Å². The molecule has 14 heteroatoms. The summed E-state index contributed by atoms with van der Waals surface area (Å²) in [7, 11) is 0. The van der Waals surface area contributed by atoms with Crippen molar-refractivity contribution in [1.29, 1.82) is 0 Å². The van der Waals surface area contributed by atoms with E-state index < -0.39 is 23.5 Å². The van der Waals surface area contributed by atoms with Gasteiger partial charge in [-0.05, 0) is 38.0 Å². The predicted molar refractivity (Wildman–Crippen MR) is 140 cm³/mol. The number of piperazine rings is 1. The number of halogens is 3. The molecule has 5 rings (SSSR count). The summed E-state index contributed by atoms with van der Waals surface area (Å²) in [4.78, 5) is 22.8. The lowest BCUT2D eigenvalue weighted by Crippen LogP contribution is -2.43.